The zero-order valence-electron chi connectivity index (χ0n) is 28.5. The highest BCUT2D eigenvalue weighted by Crippen LogP contribution is 2.15. The van der Waals surface area contributed by atoms with Crippen LogP contribution in [0, 0.1) is 0 Å². The first-order chi connectivity index (χ1) is 20.7. The fraction of sp³-hybridized carbons (Fsp3) is 0.921. The highest BCUT2D eigenvalue weighted by molar-refractivity contribution is 5.76. The van der Waals surface area contributed by atoms with Gasteiger partial charge in [0.15, 0.2) is 0 Å². The molecule has 0 radical (unpaired) electrons. The first-order valence-electron chi connectivity index (χ1n) is 18.9. The molecule has 0 aromatic rings. The lowest BCUT2D eigenvalue weighted by Crippen LogP contribution is -2.45. The Hall–Kier alpha value is -0.870. The van der Waals surface area contributed by atoms with Crippen molar-refractivity contribution in [1.82, 2.24) is 5.32 Å². The maximum absolute atomic E-state index is 12.3. The minimum Gasteiger partial charge on any atom is -0.394 e. The lowest BCUT2D eigenvalue weighted by Gasteiger charge is -2.20. The summed E-state index contributed by atoms with van der Waals surface area (Å²) in [6.45, 7) is 4.31. The average Bonchev–Trinajstić information content (AvgIpc) is 2.99. The minimum absolute atomic E-state index is 0.0626. The highest BCUT2D eigenvalue weighted by atomic mass is 16.3. The zero-order valence-corrected chi connectivity index (χ0v) is 28.5. The summed E-state index contributed by atoms with van der Waals surface area (Å²) >= 11 is 0. The number of aliphatic hydroxyl groups is 2. The van der Waals surface area contributed by atoms with Gasteiger partial charge in [-0.25, -0.2) is 0 Å². The standard InChI is InChI=1S/C38H75NO3/c1-3-5-7-9-11-13-15-17-19-20-21-23-25-27-29-31-33-37(41)36(35-40)39-38(42)34-32-30-28-26-24-22-18-16-14-12-10-8-6-4-2/h31,33,36-37,40-41H,3-30,32,34-35H2,1-2H3,(H,39,42)/b33-31+. The first kappa shape index (κ1) is 41.1. The molecule has 0 heterocycles. The largest absolute Gasteiger partial charge is 0.394 e. The van der Waals surface area contributed by atoms with Gasteiger partial charge in [0.25, 0.3) is 0 Å². The van der Waals surface area contributed by atoms with Gasteiger partial charge in [0, 0.05) is 6.42 Å². The molecule has 0 spiro atoms. The topological polar surface area (TPSA) is 69.6 Å². The predicted molar refractivity (Wildman–Crippen MR) is 184 cm³/mol. The first-order valence-corrected chi connectivity index (χ1v) is 18.9. The van der Waals surface area contributed by atoms with Crippen molar-refractivity contribution in [2.45, 2.75) is 219 Å². The summed E-state index contributed by atoms with van der Waals surface area (Å²) in [6, 6.07) is -0.614. The maximum Gasteiger partial charge on any atom is 0.220 e. The molecule has 0 aliphatic carbocycles. The molecule has 0 bridgehead atoms. The number of carbonyl (C=O) groups excluding carboxylic acids is 1. The Bertz CT molecular complexity index is 565. The summed E-state index contributed by atoms with van der Waals surface area (Å²) in [5.41, 5.74) is 0. The van der Waals surface area contributed by atoms with E-state index in [1.54, 1.807) is 6.08 Å². The number of rotatable bonds is 34. The molecule has 1 amide bonds. The molecule has 2 atom stereocenters. The Kier molecular flexibility index (Phi) is 33.9. The monoisotopic (exact) mass is 594 g/mol. The van der Waals surface area contributed by atoms with Crippen LogP contribution < -0.4 is 5.32 Å². The quantitative estimate of drug-likeness (QED) is 0.0513. The summed E-state index contributed by atoms with van der Waals surface area (Å²) in [7, 11) is 0. The lowest BCUT2D eigenvalue weighted by atomic mass is 10.0. The summed E-state index contributed by atoms with van der Waals surface area (Å²) < 4.78 is 0. The van der Waals surface area contributed by atoms with Crippen LogP contribution in [0.1, 0.15) is 206 Å². The van der Waals surface area contributed by atoms with Gasteiger partial charge in [-0.15, -0.1) is 0 Å². The van der Waals surface area contributed by atoms with Gasteiger partial charge in [-0.2, -0.15) is 0 Å². The Morgan fingerprint density at radius 1 is 0.548 bits per heavy atom. The van der Waals surface area contributed by atoms with E-state index >= 15 is 0 Å². The Balaban J connectivity index is 3.59. The van der Waals surface area contributed by atoms with Gasteiger partial charge in [-0.1, -0.05) is 193 Å². The van der Waals surface area contributed by atoms with Crippen molar-refractivity contribution in [2.24, 2.45) is 0 Å². The van der Waals surface area contributed by atoms with Crippen molar-refractivity contribution in [3.05, 3.63) is 12.2 Å². The van der Waals surface area contributed by atoms with Gasteiger partial charge in [-0.05, 0) is 19.3 Å². The third-order valence-electron chi connectivity index (χ3n) is 8.77. The fourth-order valence-corrected chi connectivity index (χ4v) is 5.82. The zero-order chi connectivity index (χ0) is 30.8. The van der Waals surface area contributed by atoms with Gasteiger partial charge in [-0.3, -0.25) is 4.79 Å². The van der Waals surface area contributed by atoms with Gasteiger partial charge in [0.2, 0.25) is 5.91 Å². The molecule has 0 aromatic heterocycles. The number of aliphatic hydroxyl groups excluding tert-OH is 2. The van der Waals surface area contributed by atoms with E-state index in [-0.39, 0.29) is 12.5 Å². The second kappa shape index (κ2) is 34.6. The van der Waals surface area contributed by atoms with Crippen molar-refractivity contribution >= 4 is 5.91 Å². The third kappa shape index (κ3) is 30.6. The van der Waals surface area contributed by atoms with Crippen LogP contribution >= 0.6 is 0 Å². The lowest BCUT2D eigenvalue weighted by molar-refractivity contribution is -0.123. The van der Waals surface area contributed by atoms with Crippen molar-refractivity contribution in [1.29, 1.82) is 0 Å². The molecular weight excluding hydrogens is 518 g/mol. The molecule has 4 nitrogen and oxygen atoms in total. The Labute approximate surface area is 263 Å². The minimum atomic E-state index is -0.832. The molecule has 250 valence electrons. The summed E-state index contributed by atoms with van der Waals surface area (Å²) in [5.74, 6) is -0.0626. The third-order valence-corrected chi connectivity index (χ3v) is 8.77. The van der Waals surface area contributed by atoms with Crippen LogP contribution in [0.15, 0.2) is 12.2 Å². The number of allylic oxidation sites excluding steroid dienone is 1. The molecule has 3 N–H and O–H groups in total. The summed E-state index contributed by atoms with van der Waals surface area (Å²) in [6.07, 6.45) is 41.5. The van der Waals surface area contributed by atoms with E-state index in [0.717, 1.165) is 25.7 Å². The SMILES string of the molecule is CCCCCCCCCCCCCCCC/C=C/C(O)C(CO)NC(=O)CCCCCCCCCCCCCCCC. The predicted octanol–water partition coefficient (Wildman–Crippen LogP) is 11.1. The molecule has 0 saturated carbocycles. The second-order valence-corrected chi connectivity index (χ2v) is 13.0. The van der Waals surface area contributed by atoms with E-state index < -0.39 is 12.1 Å². The van der Waals surface area contributed by atoms with Gasteiger partial charge in [0.05, 0.1) is 18.8 Å². The van der Waals surface area contributed by atoms with E-state index in [0.29, 0.717) is 6.42 Å². The van der Waals surface area contributed by atoms with Gasteiger partial charge >= 0.3 is 0 Å². The van der Waals surface area contributed by atoms with E-state index in [1.165, 1.54) is 161 Å². The summed E-state index contributed by atoms with van der Waals surface area (Å²) in [4.78, 5) is 12.3. The van der Waals surface area contributed by atoms with Crippen LogP contribution in [0.2, 0.25) is 0 Å². The molecule has 42 heavy (non-hydrogen) atoms. The van der Waals surface area contributed by atoms with Crippen LogP contribution in [-0.4, -0.2) is 34.9 Å². The molecular formula is C38H75NO3. The molecule has 0 aromatic carbocycles. The van der Waals surface area contributed by atoms with Crippen LogP contribution in [0.4, 0.5) is 0 Å². The summed E-state index contributed by atoms with van der Waals surface area (Å²) in [5, 5.41) is 22.9. The number of unbranched alkanes of at least 4 members (excludes halogenated alkanes) is 27. The molecule has 0 aliphatic heterocycles. The molecule has 0 saturated heterocycles. The van der Waals surface area contributed by atoms with Gasteiger partial charge in [0.1, 0.15) is 0 Å². The molecule has 0 rings (SSSR count). The number of amides is 1. The number of hydrogen-bond donors (Lipinski definition) is 3. The highest BCUT2D eigenvalue weighted by Gasteiger charge is 2.17. The van der Waals surface area contributed by atoms with Crippen molar-refractivity contribution < 1.29 is 15.0 Å². The average molecular weight is 594 g/mol. The van der Waals surface area contributed by atoms with Crippen molar-refractivity contribution in [3.8, 4) is 0 Å². The molecule has 2 unspecified atom stereocenters. The van der Waals surface area contributed by atoms with E-state index in [1.807, 2.05) is 6.08 Å². The maximum atomic E-state index is 12.3. The van der Waals surface area contributed by atoms with Gasteiger partial charge < -0.3 is 15.5 Å². The molecule has 4 heteroatoms. The Morgan fingerprint density at radius 2 is 0.881 bits per heavy atom. The fourth-order valence-electron chi connectivity index (χ4n) is 5.82. The van der Waals surface area contributed by atoms with Crippen LogP contribution in [0.3, 0.4) is 0 Å². The van der Waals surface area contributed by atoms with Crippen LogP contribution in [0.5, 0.6) is 0 Å². The van der Waals surface area contributed by atoms with E-state index in [4.69, 9.17) is 0 Å². The van der Waals surface area contributed by atoms with Crippen molar-refractivity contribution in [2.75, 3.05) is 6.61 Å². The smallest absolute Gasteiger partial charge is 0.220 e. The second-order valence-electron chi connectivity index (χ2n) is 13.0. The molecule has 0 fully saturated rings. The van der Waals surface area contributed by atoms with Crippen molar-refractivity contribution in [3.63, 3.8) is 0 Å². The number of nitrogens with one attached hydrogen (secondary N) is 1. The van der Waals surface area contributed by atoms with E-state index in [2.05, 4.69) is 19.2 Å². The van der Waals surface area contributed by atoms with Crippen LogP contribution in [-0.2, 0) is 4.79 Å². The van der Waals surface area contributed by atoms with E-state index in [9.17, 15) is 15.0 Å². The normalized spacial score (nSPS) is 13.1. The Morgan fingerprint density at radius 3 is 1.24 bits per heavy atom. The van der Waals surface area contributed by atoms with Crippen LogP contribution in [0.25, 0.3) is 0 Å². The number of hydrogen-bond acceptors (Lipinski definition) is 3. The number of carbonyl (C=O) groups is 1. The molecule has 0 aliphatic rings.